The van der Waals surface area contributed by atoms with Crippen molar-refractivity contribution in [2.45, 2.75) is 92.9 Å². The number of hydrogen-bond donors (Lipinski definition) is 1. The summed E-state index contributed by atoms with van der Waals surface area (Å²) in [5.74, 6) is 1.61. The van der Waals surface area contributed by atoms with Crippen LogP contribution in [0.2, 0.25) is 0 Å². The first kappa shape index (κ1) is 20.5. The van der Waals surface area contributed by atoms with E-state index in [4.69, 9.17) is 0 Å². The second kappa shape index (κ2) is 11.2. The van der Waals surface area contributed by atoms with Crippen LogP contribution in [0.25, 0.3) is 0 Å². The average molecular weight is 296 g/mol. The molecule has 0 aromatic rings. The molecule has 1 heteroatoms. The van der Waals surface area contributed by atoms with E-state index in [1.54, 1.807) is 0 Å². The Morgan fingerprint density at radius 3 is 2.24 bits per heavy atom. The Labute approximate surface area is 135 Å². The Morgan fingerprint density at radius 2 is 1.67 bits per heavy atom. The molecule has 0 aliphatic carbocycles. The van der Waals surface area contributed by atoms with Gasteiger partial charge in [-0.25, -0.2) is 0 Å². The van der Waals surface area contributed by atoms with E-state index < -0.39 is 0 Å². The normalized spacial score (nSPS) is 13.5. The molecule has 0 radical (unpaired) electrons. The molecule has 0 heterocycles. The van der Waals surface area contributed by atoms with Crippen molar-refractivity contribution in [2.75, 3.05) is 6.54 Å². The molecule has 0 saturated carbocycles. The third kappa shape index (κ3) is 10.8. The first-order valence-electron chi connectivity index (χ1n) is 9.21. The quantitative estimate of drug-likeness (QED) is 0.380. The van der Waals surface area contributed by atoms with Crippen molar-refractivity contribution in [2.24, 2.45) is 17.3 Å². The van der Waals surface area contributed by atoms with E-state index in [2.05, 4.69) is 53.4 Å². The molecule has 126 valence electrons. The molecule has 0 amide bonds. The van der Waals surface area contributed by atoms with Crippen LogP contribution in [0.5, 0.6) is 0 Å². The summed E-state index contributed by atoms with van der Waals surface area (Å²) in [5, 5.41) is 3.48. The highest BCUT2D eigenvalue weighted by molar-refractivity contribution is 4.90. The van der Waals surface area contributed by atoms with E-state index in [-0.39, 0.29) is 0 Å². The van der Waals surface area contributed by atoms with Crippen LogP contribution in [0, 0.1) is 17.3 Å². The van der Waals surface area contributed by atoms with Crippen LogP contribution < -0.4 is 5.32 Å². The molecule has 0 aliphatic rings. The molecule has 0 aliphatic heterocycles. The Bertz CT molecular complexity index is 265. The lowest BCUT2D eigenvalue weighted by molar-refractivity contribution is 0.199. The number of nitrogens with one attached hydrogen (secondary N) is 1. The van der Waals surface area contributed by atoms with E-state index in [0.29, 0.717) is 5.41 Å². The van der Waals surface area contributed by atoms with Crippen LogP contribution in [-0.4, -0.2) is 6.54 Å². The van der Waals surface area contributed by atoms with Gasteiger partial charge in [-0.15, -0.1) is 0 Å². The Balaban J connectivity index is 3.50. The lowest BCUT2D eigenvalue weighted by Crippen LogP contribution is -2.20. The monoisotopic (exact) mass is 295 g/mol. The van der Waals surface area contributed by atoms with E-state index in [1.807, 2.05) is 0 Å². The maximum atomic E-state index is 4.11. The van der Waals surface area contributed by atoms with Gasteiger partial charge < -0.3 is 5.32 Å². The van der Waals surface area contributed by atoms with Crippen molar-refractivity contribution < 1.29 is 0 Å². The first-order chi connectivity index (χ1) is 9.79. The predicted octanol–water partition coefficient (Wildman–Crippen LogP) is 6.55. The summed E-state index contributed by atoms with van der Waals surface area (Å²) >= 11 is 0. The lowest BCUT2D eigenvalue weighted by atomic mass is 9.75. The maximum absolute atomic E-state index is 4.11. The second-order valence-corrected chi connectivity index (χ2v) is 7.92. The molecule has 0 saturated heterocycles. The SMILES string of the molecule is C=C(CCC(C)C)NCCCCCCC(C)(C)C(C)CC. The van der Waals surface area contributed by atoms with E-state index in [9.17, 15) is 0 Å². The lowest BCUT2D eigenvalue weighted by Gasteiger charge is -2.31. The summed E-state index contributed by atoms with van der Waals surface area (Å²) in [5.41, 5.74) is 1.74. The van der Waals surface area contributed by atoms with Gasteiger partial charge in [0.1, 0.15) is 0 Å². The number of rotatable bonds is 13. The largest absolute Gasteiger partial charge is 0.389 e. The molecule has 0 spiro atoms. The molecule has 0 aromatic carbocycles. The van der Waals surface area contributed by atoms with Crippen molar-refractivity contribution in [1.29, 1.82) is 0 Å². The number of allylic oxidation sites excluding steroid dienone is 1. The number of unbranched alkanes of at least 4 members (excludes halogenated alkanes) is 3. The van der Waals surface area contributed by atoms with Crippen molar-refractivity contribution in [3.05, 3.63) is 12.3 Å². The fourth-order valence-electron chi connectivity index (χ4n) is 2.67. The minimum atomic E-state index is 0.512. The summed E-state index contributed by atoms with van der Waals surface area (Å²) < 4.78 is 0. The zero-order chi connectivity index (χ0) is 16.3. The molecule has 1 N–H and O–H groups in total. The Hall–Kier alpha value is -0.460. The van der Waals surface area contributed by atoms with Gasteiger partial charge >= 0.3 is 0 Å². The molecule has 21 heavy (non-hydrogen) atoms. The molecule has 1 nitrogen and oxygen atoms in total. The van der Waals surface area contributed by atoms with Crippen LogP contribution >= 0.6 is 0 Å². The Morgan fingerprint density at radius 1 is 1.05 bits per heavy atom. The topological polar surface area (TPSA) is 12.0 Å². The van der Waals surface area contributed by atoms with Gasteiger partial charge in [-0.1, -0.05) is 73.8 Å². The van der Waals surface area contributed by atoms with Crippen LogP contribution in [0.3, 0.4) is 0 Å². The molecule has 0 aromatic heterocycles. The van der Waals surface area contributed by atoms with Gasteiger partial charge in [-0.05, 0) is 42.9 Å². The van der Waals surface area contributed by atoms with Gasteiger partial charge in [0.15, 0.2) is 0 Å². The standard InChI is InChI=1S/C20H41N/c1-8-18(4)20(6,7)15-11-9-10-12-16-21-19(5)14-13-17(2)3/h17-18,21H,5,8-16H2,1-4,6-7H3. The van der Waals surface area contributed by atoms with Gasteiger partial charge in [0, 0.05) is 12.2 Å². The first-order valence-corrected chi connectivity index (χ1v) is 9.21. The zero-order valence-corrected chi connectivity index (χ0v) is 15.7. The molecule has 0 bridgehead atoms. The summed E-state index contributed by atoms with van der Waals surface area (Å²) in [6, 6.07) is 0. The fraction of sp³-hybridized carbons (Fsp3) is 0.900. The predicted molar refractivity (Wildman–Crippen MR) is 97.5 cm³/mol. The minimum Gasteiger partial charge on any atom is -0.389 e. The highest BCUT2D eigenvalue weighted by atomic mass is 14.9. The fourth-order valence-corrected chi connectivity index (χ4v) is 2.67. The summed E-state index contributed by atoms with van der Waals surface area (Å²) in [6.45, 7) is 19.3. The molecule has 0 fully saturated rings. The molecule has 0 rings (SSSR count). The summed E-state index contributed by atoms with van der Waals surface area (Å²) in [7, 11) is 0. The highest BCUT2D eigenvalue weighted by Crippen LogP contribution is 2.34. The van der Waals surface area contributed by atoms with Crippen LogP contribution in [-0.2, 0) is 0 Å². The van der Waals surface area contributed by atoms with Gasteiger partial charge in [0.2, 0.25) is 0 Å². The zero-order valence-electron chi connectivity index (χ0n) is 15.7. The van der Waals surface area contributed by atoms with Crippen LogP contribution in [0.1, 0.15) is 92.9 Å². The molecule has 1 atom stereocenters. The van der Waals surface area contributed by atoms with Crippen LogP contribution in [0.15, 0.2) is 12.3 Å². The molecular weight excluding hydrogens is 254 g/mol. The van der Waals surface area contributed by atoms with Gasteiger partial charge in [-0.3, -0.25) is 0 Å². The van der Waals surface area contributed by atoms with Gasteiger partial charge in [-0.2, -0.15) is 0 Å². The number of hydrogen-bond acceptors (Lipinski definition) is 1. The summed E-state index contributed by atoms with van der Waals surface area (Å²) in [6.07, 6.45) is 10.4. The van der Waals surface area contributed by atoms with Crippen molar-refractivity contribution >= 4 is 0 Å². The Kier molecular flexibility index (Phi) is 10.9. The van der Waals surface area contributed by atoms with Crippen molar-refractivity contribution in [3.63, 3.8) is 0 Å². The summed E-state index contributed by atoms with van der Waals surface area (Å²) in [4.78, 5) is 0. The average Bonchev–Trinajstić information content (AvgIpc) is 2.42. The third-order valence-electron chi connectivity index (χ3n) is 5.09. The molecule has 1 unspecified atom stereocenters. The van der Waals surface area contributed by atoms with Gasteiger partial charge in [0.25, 0.3) is 0 Å². The van der Waals surface area contributed by atoms with E-state index in [0.717, 1.165) is 24.8 Å². The van der Waals surface area contributed by atoms with E-state index >= 15 is 0 Å². The maximum Gasteiger partial charge on any atom is 0.0143 e. The van der Waals surface area contributed by atoms with Crippen molar-refractivity contribution in [1.82, 2.24) is 5.32 Å². The van der Waals surface area contributed by atoms with Crippen LogP contribution in [0.4, 0.5) is 0 Å². The smallest absolute Gasteiger partial charge is 0.0143 e. The van der Waals surface area contributed by atoms with E-state index in [1.165, 1.54) is 50.6 Å². The highest BCUT2D eigenvalue weighted by Gasteiger charge is 2.23. The van der Waals surface area contributed by atoms with Crippen molar-refractivity contribution in [3.8, 4) is 0 Å². The third-order valence-corrected chi connectivity index (χ3v) is 5.09. The second-order valence-electron chi connectivity index (χ2n) is 7.92. The molecular formula is C20H41N. The minimum absolute atomic E-state index is 0.512. The van der Waals surface area contributed by atoms with Gasteiger partial charge in [0.05, 0.1) is 0 Å².